The molecular formula is C19H19NO3S. The molecule has 0 aromatic heterocycles. The van der Waals surface area contributed by atoms with Crippen LogP contribution in [0.2, 0.25) is 0 Å². The number of fused-ring (bicyclic) bond motifs is 1. The summed E-state index contributed by atoms with van der Waals surface area (Å²) in [5.74, 6) is 0.307. The lowest BCUT2D eigenvalue weighted by Gasteiger charge is -2.17. The number of benzene rings is 3. The molecule has 3 aromatic carbocycles. The maximum Gasteiger partial charge on any atom is 0.339 e. The van der Waals surface area contributed by atoms with Crippen LogP contribution in [0.4, 0.5) is 5.69 Å². The molecule has 0 heterocycles. The summed E-state index contributed by atoms with van der Waals surface area (Å²) < 4.78 is 30.8. The van der Waals surface area contributed by atoms with Crippen LogP contribution in [0.5, 0.6) is 5.75 Å². The lowest BCUT2D eigenvalue weighted by molar-refractivity contribution is 0.487. The average molecular weight is 341 g/mol. The Kier molecular flexibility index (Phi) is 4.20. The van der Waals surface area contributed by atoms with Gasteiger partial charge >= 0.3 is 10.1 Å². The topological polar surface area (TPSA) is 46.6 Å². The molecule has 0 aliphatic rings. The molecule has 0 aliphatic heterocycles. The number of rotatable bonds is 4. The first kappa shape index (κ1) is 16.3. The van der Waals surface area contributed by atoms with Gasteiger partial charge in [0, 0.05) is 30.6 Å². The zero-order valence-electron chi connectivity index (χ0n) is 13.9. The molecule has 0 saturated heterocycles. The highest BCUT2D eigenvalue weighted by atomic mass is 32.2. The highest BCUT2D eigenvalue weighted by Crippen LogP contribution is 2.31. The van der Waals surface area contributed by atoms with E-state index in [4.69, 9.17) is 4.18 Å². The van der Waals surface area contributed by atoms with Gasteiger partial charge in [0.2, 0.25) is 0 Å². The minimum atomic E-state index is -3.91. The van der Waals surface area contributed by atoms with Crippen LogP contribution in [0.25, 0.3) is 10.8 Å². The van der Waals surface area contributed by atoms with Crippen molar-refractivity contribution in [1.29, 1.82) is 0 Å². The Hall–Kier alpha value is -2.53. The van der Waals surface area contributed by atoms with Crippen LogP contribution >= 0.6 is 0 Å². The zero-order chi connectivity index (χ0) is 17.3. The Morgan fingerprint density at radius 1 is 0.833 bits per heavy atom. The van der Waals surface area contributed by atoms with E-state index >= 15 is 0 Å². The lowest BCUT2D eigenvalue weighted by Crippen LogP contribution is -2.12. The van der Waals surface area contributed by atoms with Gasteiger partial charge in [-0.15, -0.1) is 0 Å². The minimum absolute atomic E-state index is 0.171. The second-order valence-electron chi connectivity index (χ2n) is 5.87. The summed E-state index contributed by atoms with van der Waals surface area (Å²) in [5.41, 5.74) is 2.00. The van der Waals surface area contributed by atoms with Crippen LogP contribution in [0.15, 0.2) is 65.6 Å². The first-order valence-electron chi connectivity index (χ1n) is 7.59. The smallest absolute Gasteiger partial charge is 0.339 e. The first-order chi connectivity index (χ1) is 11.4. The second-order valence-corrected chi connectivity index (χ2v) is 7.39. The quantitative estimate of drug-likeness (QED) is 0.673. The molecule has 0 radical (unpaired) electrons. The van der Waals surface area contributed by atoms with Crippen molar-refractivity contribution >= 4 is 26.6 Å². The van der Waals surface area contributed by atoms with Gasteiger partial charge in [-0.25, -0.2) is 0 Å². The Bertz CT molecular complexity index is 977. The first-order valence-corrected chi connectivity index (χ1v) is 8.99. The predicted molar refractivity (Wildman–Crippen MR) is 97.3 cm³/mol. The molecular weight excluding hydrogens is 322 g/mol. The van der Waals surface area contributed by atoms with Gasteiger partial charge < -0.3 is 9.08 Å². The van der Waals surface area contributed by atoms with E-state index in [9.17, 15) is 8.42 Å². The fourth-order valence-electron chi connectivity index (χ4n) is 2.64. The van der Waals surface area contributed by atoms with Crippen molar-refractivity contribution in [2.24, 2.45) is 0 Å². The molecule has 0 spiro atoms. The fourth-order valence-corrected chi connectivity index (χ4v) is 3.78. The van der Waals surface area contributed by atoms with Crippen LogP contribution in [-0.4, -0.2) is 22.5 Å². The fraction of sp³-hybridized carbons (Fsp3) is 0.158. The maximum absolute atomic E-state index is 12.7. The van der Waals surface area contributed by atoms with Crippen molar-refractivity contribution in [3.05, 3.63) is 66.2 Å². The highest BCUT2D eigenvalue weighted by molar-refractivity contribution is 7.87. The molecule has 3 rings (SSSR count). The normalized spacial score (nSPS) is 11.5. The monoisotopic (exact) mass is 341 g/mol. The van der Waals surface area contributed by atoms with Crippen LogP contribution in [0.1, 0.15) is 5.56 Å². The van der Waals surface area contributed by atoms with E-state index in [2.05, 4.69) is 0 Å². The van der Waals surface area contributed by atoms with Crippen molar-refractivity contribution in [2.75, 3.05) is 19.0 Å². The molecule has 0 unspecified atom stereocenters. The molecule has 0 fully saturated rings. The molecule has 3 aromatic rings. The van der Waals surface area contributed by atoms with Gasteiger partial charge in [0.25, 0.3) is 0 Å². The second kappa shape index (κ2) is 6.17. The van der Waals surface area contributed by atoms with Gasteiger partial charge in [-0.1, -0.05) is 42.0 Å². The average Bonchev–Trinajstić information content (AvgIpc) is 2.55. The van der Waals surface area contributed by atoms with E-state index in [0.29, 0.717) is 11.1 Å². The zero-order valence-corrected chi connectivity index (χ0v) is 14.7. The molecule has 24 heavy (non-hydrogen) atoms. The summed E-state index contributed by atoms with van der Waals surface area (Å²) in [6.45, 7) is 1.94. The molecule has 4 nitrogen and oxygen atoms in total. The molecule has 0 aliphatic carbocycles. The summed E-state index contributed by atoms with van der Waals surface area (Å²) >= 11 is 0. The Balaban J connectivity index is 2.11. The number of hydrogen-bond acceptors (Lipinski definition) is 4. The summed E-state index contributed by atoms with van der Waals surface area (Å²) in [5, 5.41) is 1.52. The van der Waals surface area contributed by atoms with Gasteiger partial charge in [-0.05, 0) is 31.2 Å². The van der Waals surface area contributed by atoms with E-state index in [-0.39, 0.29) is 4.90 Å². The largest absolute Gasteiger partial charge is 0.379 e. The Labute approximate surface area is 142 Å². The van der Waals surface area contributed by atoms with Gasteiger partial charge in [0.15, 0.2) is 0 Å². The minimum Gasteiger partial charge on any atom is -0.379 e. The summed E-state index contributed by atoms with van der Waals surface area (Å²) in [4.78, 5) is 2.13. The molecule has 0 bridgehead atoms. The third-order valence-electron chi connectivity index (χ3n) is 3.84. The standard InChI is InChI=1S/C19H19NO3S/c1-14-10-12-15(13-11-14)23-24(21,22)19-9-5-6-16-17(19)7-4-8-18(16)20(2)3/h4-13H,1-3H3. The summed E-state index contributed by atoms with van der Waals surface area (Å²) in [7, 11) is -0.0551. The number of aryl methyl sites for hydroxylation is 1. The third-order valence-corrected chi connectivity index (χ3v) is 5.14. The molecule has 5 heteroatoms. The highest BCUT2D eigenvalue weighted by Gasteiger charge is 2.20. The van der Waals surface area contributed by atoms with E-state index in [1.54, 1.807) is 30.3 Å². The van der Waals surface area contributed by atoms with Gasteiger partial charge in [0.05, 0.1) is 0 Å². The van der Waals surface area contributed by atoms with Gasteiger partial charge in [0.1, 0.15) is 10.6 Å². The molecule has 0 atom stereocenters. The lowest BCUT2D eigenvalue weighted by atomic mass is 10.1. The molecule has 0 amide bonds. The van der Waals surface area contributed by atoms with Crippen molar-refractivity contribution in [3.8, 4) is 5.75 Å². The van der Waals surface area contributed by atoms with Crippen molar-refractivity contribution < 1.29 is 12.6 Å². The number of hydrogen-bond donors (Lipinski definition) is 0. The van der Waals surface area contributed by atoms with Gasteiger partial charge in [-0.2, -0.15) is 8.42 Å². The van der Waals surface area contributed by atoms with Gasteiger partial charge in [-0.3, -0.25) is 0 Å². The number of anilines is 1. The number of nitrogens with zero attached hydrogens (tertiary/aromatic N) is 1. The summed E-state index contributed by atoms with van der Waals surface area (Å²) in [6, 6.07) is 17.8. The van der Waals surface area contributed by atoms with E-state index in [1.807, 2.05) is 56.3 Å². The predicted octanol–water partition coefficient (Wildman–Crippen LogP) is 3.98. The third kappa shape index (κ3) is 3.08. The van der Waals surface area contributed by atoms with Crippen LogP contribution in [0, 0.1) is 6.92 Å². The summed E-state index contributed by atoms with van der Waals surface area (Å²) in [6.07, 6.45) is 0. The SMILES string of the molecule is Cc1ccc(OS(=O)(=O)c2cccc3c(N(C)C)cccc23)cc1. The molecule has 124 valence electrons. The van der Waals surface area contributed by atoms with Crippen molar-refractivity contribution in [2.45, 2.75) is 11.8 Å². The maximum atomic E-state index is 12.7. The van der Waals surface area contributed by atoms with Crippen LogP contribution in [-0.2, 0) is 10.1 Å². The van der Waals surface area contributed by atoms with E-state index in [1.165, 1.54) is 0 Å². The van der Waals surface area contributed by atoms with Crippen molar-refractivity contribution in [1.82, 2.24) is 0 Å². The Morgan fingerprint density at radius 2 is 1.46 bits per heavy atom. The van der Waals surface area contributed by atoms with E-state index in [0.717, 1.165) is 16.6 Å². The molecule has 0 saturated carbocycles. The molecule has 0 N–H and O–H groups in total. The Morgan fingerprint density at radius 3 is 2.12 bits per heavy atom. The van der Waals surface area contributed by atoms with Crippen LogP contribution < -0.4 is 9.08 Å². The van der Waals surface area contributed by atoms with Crippen molar-refractivity contribution in [3.63, 3.8) is 0 Å². The van der Waals surface area contributed by atoms with E-state index < -0.39 is 10.1 Å². The van der Waals surface area contributed by atoms with Crippen LogP contribution in [0.3, 0.4) is 0 Å².